The van der Waals surface area contributed by atoms with Gasteiger partial charge < -0.3 is 9.64 Å². The zero-order valence-corrected chi connectivity index (χ0v) is 13.0. The summed E-state index contributed by atoms with van der Waals surface area (Å²) in [6, 6.07) is 3.79. The van der Waals surface area contributed by atoms with Crippen molar-refractivity contribution in [2.45, 2.75) is 44.6 Å². The second kappa shape index (κ2) is 6.59. The van der Waals surface area contributed by atoms with E-state index in [-0.39, 0.29) is 5.91 Å². The van der Waals surface area contributed by atoms with Crippen LogP contribution in [0.15, 0.2) is 6.07 Å². The minimum Gasteiger partial charge on any atom is -0.376 e. The second-order valence-electron chi connectivity index (χ2n) is 5.69. The number of morpholine rings is 1. The van der Waals surface area contributed by atoms with Gasteiger partial charge in [-0.2, -0.15) is 5.26 Å². The van der Waals surface area contributed by atoms with Crippen LogP contribution in [0.25, 0.3) is 0 Å². The number of rotatable bonds is 1. The standard InChI is InChI=1S/C16H20N2O2S/c17-10-13-11-20-8-7-18(13)16(19)15-9-12-5-3-1-2-4-6-14(12)21-15/h9,13H,1-8,11H2/t13-/m1/s1. The lowest BCUT2D eigenvalue weighted by Crippen LogP contribution is -2.47. The molecule has 0 bridgehead atoms. The summed E-state index contributed by atoms with van der Waals surface area (Å²) in [5, 5.41) is 9.17. The van der Waals surface area contributed by atoms with Gasteiger partial charge in [-0.3, -0.25) is 4.79 Å². The van der Waals surface area contributed by atoms with E-state index in [1.807, 2.05) is 0 Å². The van der Waals surface area contributed by atoms with Crippen molar-refractivity contribution in [3.8, 4) is 6.07 Å². The van der Waals surface area contributed by atoms with E-state index in [9.17, 15) is 10.1 Å². The third-order valence-electron chi connectivity index (χ3n) is 4.25. The number of ether oxygens (including phenoxy) is 1. The Kier molecular flexibility index (Phi) is 4.57. The number of carbonyl (C=O) groups excluding carboxylic acids is 1. The summed E-state index contributed by atoms with van der Waals surface area (Å²) in [5.41, 5.74) is 1.35. The van der Waals surface area contributed by atoms with Gasteiger partial charge in [0.05, 0.1) is 24.2 Å². The SMILES string of the molecule is N#C[C@@H]1COCCN1C(=O)c1cc2c(s1)CCCCCC2. The minimum absolute atomic E-state index is 0.00148. The maximum Gasteiger partial charge on any atom is 0.265 e. The Morgan fingerprint density at radius 3 is 2.95 bits per heavy atom. The number of nitriles is 1. The summed E-state index contributed by atoms with van der Waals surface area (Å²) in [5.74, 6) is 0.00148. The maximum atomic E-state index is 12.7. The van der Waals surface area contributed by atoms with Gasteiger partial charge in [-0.25, -0.2) is 0 Å². The third-order valence-corrected chi connectivity index (χ3v) is 5.47. The van der Waals surface area contributed by atoms with Crippen LogP contribution in [-0.4, -0.2) is 36.6 Å². The Bertz CT molecular complexity index is 536. The number of nitrogens with zero attached hydrogens (tertiary/aromatic N) is 2. The predicted octanol–water partition coefficient (Wildman–Crippen LogP) is 2.77. The molecule has 0 saturated carbocycles. The fraction of sp³-hybridized carbons (Fsp3) is 0.625. The molecule has 0 radical (unpaired) electrons. The first-order chi connectivity index (χ1) is 10.3. The number of aryl methyl sites for hydroxylation is 2. The highest BCUT2D eigenvalue weighted by Crippen LogP contribution is 2.29. The zero-order valence-electron chi connectivity index (χ0n) is 12.1. The van der Waals surface area contributed by atoms with Crippen molar-refractivity contribution < 1.29 is 9.53 Å². The lowest BCUT2D eigenvalue weighted by atomic mass is 9.99. The van der Waals surface area contributed by atoms with Crippen LogP contribution in [-0.2, 0) is 17.6 Å². The summed E-state index contributed by atoms with van der Waals surface area (Å²) in [6.07, 6.45) is 7.20. The summed E-state index contributed by atoms with van der Waals surface area (Å²) in [4.78, 5) is 16.5. The van der Waals surface area contributed by atoms with Gasteiger partial charge in [-0.1, -0.05) is 12.8 Å². The van der Waals surface area contributed by atoms with Gasteiger partial charge in [-0.15, -0.1) is 11.3 Å². The average Bonchev–Trinajstić information content (AvgIpc) is 2.88. The fourth-order valence-electron chi connectivity index (χ4n) is 3.04. The molecule has 112 valence electrons. The molecule has 1 aromatic heterocycles. The number of thiophene rings is 1. The number of hydrogen-bond acceptors (Lipinski definition) is 4. The van der Waals surface area contributed by atoms with E-state index in [0.717, 1.165) is 17.7 Å². The molecular weight excluding hydrogens is 284 g/mol. The first-order valence-electron chi connectivity index (χ1n) is 7.69. The van der Waals surface area contributed by atoms with Crippen LogP contribution < -0.4 is 0 Å². The normalized spacial score (nSPS) is 22.8. The van der Waals surface area contributed by atoms with Gasteiger partial charge in [0.2, 0.25) is 0 Å². The quantitative estimate of drug-likeness (QED) is 0.801. The topological polar surface area (TPSA) is 53.3 Å². The van der Waals surface area contributed by atoms with Crippen LogP contribution in [0.5, 0.6) is 0 Å². The first kappa shape index (κ1) is 14.6. The van der Waals surface area contributed by atoms with Crippen molar-refractivity contribution in [1.82, 2.24) is 4.90 Å². The monoisotopic (exact) mass is 304 g/mol. The molecule has 1 aliphatic heterocycles. The highest BCUT2D eigenvalue weighted by Gasteiger charge is 2.29. The van der Waals surface area contributed by atoms with Crippen LogP contribution in [0.1, 0.15) is 45.8 Å². The molecule has 2 heterocycles. The molecule has 21 heavy (non-hydrogen) atoms. The molecule has 5 heteroatoms. The number of carbonyl (C=O) groups is 1. The van der Waals surface area contributed by atoms with Gasteiger partial charge in [0, 0.05) is 11.4 Å². The lowest BCUT2D eigenvalue weighted by molar-refractivity contribution is 0.0135. The molecule has 0 spiro atoms. The molecule has 1 amide bonds. The molecule has 0 aromatic carbocycles. The van der Waals surface area contributed by atoms with Crippen molar-refractivity contribution >= 4 is 17.2 Å². The van der Waals surface area contributed by atoms with E-state index in [1.165, 1.54) is 36.1 Å². The maximum absolute atomic E-state index is 12.7. The Morgan fingerprint density at radius 2 is 2.14 bits per heavy atom. The highest BCUT2D eigenvalue weighted by molar-refractivity contribution is 7.14. The van der Waals surface area contributed by atoms with Crippen LogP contribution in [0.2, 0.25) is 0 Å². The van der Waals surface area contributed by atoms with Gasteiger partial charge in [0.1, 0.15) is 6.04 Å². The molecule has 0 N–H and O–H groups in total. The van der Waals surface area contributed by atoms with E-state index in [2.05, 4.69) is 12.1 Å². The fourth-order valence-corrected chi connectivity index (χ4v) is 4.25. The average molecular weight is 304 g/mol. The molecule has 1 saturated heterocycles. The Balaban J connectivity index is 1.81. The summed E-state index contributed by atoms with van der Waals surface area (Å²) in [7, 11) is 0. The largest absolute Gasteiger partial charge is 0.376 e. The Labute approximate surface area is 129 Å². The first-order valence-corrected chi connectivity index (χ1v) is 8.51. The van der Waals surface area contributed by atoms with Crippen LogP contribution >= 0.6 is 11.3 Å². The highest BCUT2D eigenvalue weighted by atomic mass is 32.1. The predicted molar refractivity (Wildman–Crippen MR) is 81.5 cm³/mol. The van der Waals surface area contributed by atoms with Gasteiger partial charge in [-0.05, 0) is 37.3 Å². The molecule has 4 nitrogen and oxygen atoms in total. The number of amides is 1. The lowest BCUT2D eigenvalue weighted by Gasteiger charge is -2.30. The molecule has 2 aliphatic rings. The molecular formula is C16H20N2O2S. The summed E-state index contributed by atoms with van der Waals surface area (Å²) < 4.78 is 5.29. The van der Waals surface area contributed by atoms with E-state index in [4.69, 9.17) is 4.74 Å². The van der Waals surface area contributed by atoms with Crippen molar-refractivity contribution in [2.24, 2.45) is 0 Å². The smallest absolute Gasteiger partial charge is 0.265 e. The van der Waals surface area contributed by atoms with Crippen molar-refractivity contribution in [2.75, 3.05) is 19.8 Å². The number of fused-ring (bicyclic) bond motifs is 1. The number of hydrogen-bond donors (Lipinski definition) is 0. The van der Waals surface area contributed by atoms with Crippen molar-refractivity contribution in [3.05, 3.63) is 21.4 Å². The van der Waals surface area contributed by atoms with E-state index in [1.54, 1.807) is 16.2 Å². The van der Waals surface area contributed by atoms with Crippen LogP contribution in [0.4, 0.5) is 0 Å². The molecule has 1 aliphatic carbocycles. The van der Waals surface area contributed by atoms with Crippen LogP contribution in [0, 0.1) is 11.3 Å². The third kappa shape index (κ3) is 3.12. The molecule has 0 unspecified atom stereocenters. The summed E-state index contributed by atoms with van der Waals surface area (Å²) >= 11 is 1.63. The zero-order chi connectivity index (χ0) is 14.7. The van der Waals surface area contributed by atoms with Gasteiger partial charge in [0.15, 0.2) is 0 Å². The van der Waals surface area contributed by atoms with Gasteiger partial charge >= 0.3 is 0 Å². The Hall–Kier alpha value is -1.38. The van der Waals surface area contributed by atoms with E-state index in [0.29, 0.717) is 19.8 Å². The molecule has 1 fully saturated rings. The molecule has 1 aromatic rings. The second-order valence-corrected chi connectivity index (χ2v) is 6.83. The van der Waals surface area contributed by atoms with Gasteiger partial charge in [0.25, 0.3) is 5.91 Å². The van der Waals surface area contributed by atoms with Crippen molar-refractivity contribution in [3.63, 3.8) is 0 Å². The van der Waals surface area contributed by atoms with E-state index >= 15 is 0 Å². The molecule has 1 atom stereocenters. The van der Waals surface area contributed by atoms with Crippen molar-refractivity contribution in [1.29, 1.82) is 5.26 Å². The summed E-state index contributed by atoms with van der Waals surface area (Å²) in [6.45, 7) is 1.36. The minimum atomic E-state index is -0.448. The van der Waals surface area contributed by atoms with Crippen LogP contribution in [0.3, 0.4) is 0 Å². The Morgan fingerprint density at radius 1 is 1.33 bits per heavy atom. The molecule has 3 rings (SSSR count). The van der Waals surface area contributed by atoms with E-state index < -0.39 is 6.04 Å².